The summed E-state index contributed by atoms with van der Waals surface area (Å²) in [7, 11) is 0. The second kappa shape index (κ2) is 7.73. The molecule has 2 rings (SSSR count). The number of ether oxygens (including phenoxy) is 1. The molecule has 0 radical (unpaired) electrons. The van der Waals surface area contributed by atoms with E-state index in [9.17, 15) is 19.7 Å². The second-order valence-electron chi connectivity index (χ2n) is 4.78. The van der Waals surface area contributed by atoms with E-state index in [4.69, 9.17) is 9.15 Å². The Morgan fingerprint density at radius 2 is 2.04 bits per heavy atom. The van der Waals surface area contributed by atoms with Crippen LogP contribution in [0.5, 0.6) is 0 Å². The minimum Gasteiger partial charge on any atom is -0.450 e. The van der Waals surface area contributed by atoms with Gasteiger partial charge in [-0.1, -0.05) is 34.1 Å². The van der Waals surface area contributed by atoms with Crippen molar-refractivity contribution in [1.82, 2.24) is 5.32 Å². The molecule has 1 aromatic heterocycles. The summed E-state index contributed by atoms with van der Waals surface area (Å²) in [5, 5.41) is 13.2. The molecule has 0 fully saturated rings. The smallest absolute Gasteiger partial charge is 0.433 e. The summed E-state index contributed by atoms with van der Waals surface area (Å²) in [5.41, 5.74) is 0.874. The molecule has 0 aliphatic carbocycles. The maximum atomic E-state index is 11.8. The molecule has 0 aliphatic heterocycles. The normalized spacial score (nSPS) is 11.6. The number of carbonyl (C=O) groups excluding carboxylic acids is 2. The molecular formula is C15H13BrN2O6. The molecule has 1 amide bonds. The average Bonchev–Trinajstić information content (AvgIpc) is 3.03. The van der Waals surface area contributed by atoms with Gasteiger partial charge in [0.05, 0.1) is 12.1 Å². The number of nitro groups is 1. The third-order valence-electron chi connectivity index (χ3n) is 3.06. The quantitative estimate of drug-likeness (QED) is 0.456. The molecule has 126 valence electrons. The number of nitrogens with zero attached hydrogens (tertiary/aromatic N) is 1. The van der Waals surface area contributed by atoms with E-state index >= 15 is 0 Å². The van der Waals surface area contributed by atoms with Crippen molar-refractivity contribution in [2.24, 2.45) is 0 Å². The van der Waals surface area contributed by atoms with Crippen molar-refractivity contribution in [1.29, 1.82) is 0 Å². The molecule has 0 saturated heterocycles. The number of hydrogen-bond acceptors (Lipinski definition) is 6. The first kappa shape index (κ1) is 17.7. The van der Waals surface area contributed by atoms with Gasteiger partial charge in [-0.25, -0.2) is 4.79 Å². The summed E-state index contributed by atoms with van der Waals surface area (Å²) in [5.74, 6) is -2.37. The maximum Gasteiger partial charge on any atom is 0.433 e. The fourth-order valence-corrected chi connectivity index (χ4v) is 2.55. The van der Waals surface area contributed by atoms with E-state index in [1.807, 2.05) is 24.3 Å². The Bertz CT molecular complexity index is 773. The van der Waals surface area contributed by atoms with Gasteiger partial charge in [0.25, 0.3) is 5.91 Å². The number of rotatable bonds is 6. The molecule has 24 heavy (non-hydrogen) atoms. The minimum absolute atomic E-state index is 0.295. The lowest BCUT2D eigenvalue weighted by atomic mass is 10.1. The van der Waals surface area contributed by atoms with E-state index in [0.29, 0.717) is 0 Å². The van der Waals surface area contributed by atoms with Gasteiger partial charge in [0, 0.05) is 4.47 Å². The zero-order chi connectivity index (χ0) is 17.7. The Morgan fingerprint density at radius 1 is 1.33 bits per heavy atom. The lowest BCUT2D eigenvalue weighted by molar-refractivity contribution is -0.402. The van der Waals surface area contributed by atoms with E-state index in [-0.39, 0.29) is 11.8 Å². The van der Waals surface area contributed by atoms with Gasteiger partial charge in [-0.3, -0.25) is 14.9 Å². The monoisotopic (exact) mass is 396 g/mol. The molecule has 0 unspecified atom stereocenters. The van der Waals surface area contributed by atoms with E-state index in [2.05, 4.69) is 21.2 Å². The molecule has 0 saturated carbocycles. The number of nitrogens with one attached hydrogen (secondary N) is 1. The van der Waals surface area contributed by atoms with Crippen LogP contribution in [0, 0.1) is 10.1 Å². The topological polar surface area (TPSA) is 112 Å². The van der Waals surface area contributed by atoms with Crippen molar-refractivity contribution in [3.63, 3.8) is 0 Å². The van der Waals surface area contributed by atoms with Crippen molar-refractivity contribution >= 4 is 33.7 Å². The molecular weight excluding hydrogens is 384 g/mol. The van der Waals surface area contributed by atoms with E-state index < -0.39 is 29.3 Å². The Hall–Kier alpha value is -2.68. The third-order valence-corrected chi connectivity index (χ3v) is 3.78. The summed E-state index contributed by atoms with van der Waals surface area (Å²) in [6.45, 7) is 1.26. The SMILES string of the molecule is C[C@@H](NC(=O)COC(=O)c1ccc([N+](=O)[O-])o1)c1ccccc1Br. The van der Waals surface area contributed by atoms with Crippen molar-refractivity contribution in [3.8, 4) is 0 Å². The van der Waals surface area contributed by atoms with Gasteiger partial charge in [-0.15, -0.1) is 0 Å². The highest BCUT2D eigenvalue weighted by Gasteiger charge is 2.20. The van der Waals surface area contributed by atoms with E-state index in [1.54, 1.807) is 6.92 Å². The first-order valence-electron chi connectivity index (χ1n) is 6.83. The fraction of sp³-hybridized carbons (Fsp3) is 0.200. The van der Waals surface area contributed by atoms with Crippen LogP contribution in [0.15, 0.2) is 45.3 Å². The van der Waals surface area contributed by atoms with Crippen LogP contribution in [-0.2, 0) is 9.53 Å². The van der Waals surface area contributed by atoms with Crippen LogP contribution >= 0.6 is 15.9 Å². The maximum absolute atomic E-state index is 11.8. The van der Waals surface area contributed by atoms with Gasteiger partial charge in [0.15, 0.2) is 6.61 Å². The standard InChI is InChI=1S/C15H13BrN2O6/c1-9(10-4-2-3-5-11(10)16)17-13(19)8-23-15(20)12-6-7-14(24-12)18(21)22/h2-7,9H,8H2,1H3,(H,17,19)/t9-/m1/s1. The zero-order valence-electron chi connectivity index (χ0n) is 12.5. The van der Waals surface area contributed by atoms with Crippen molar-refractivity contribution < 1.29 is 23.7 Å². The van der Waals surface area contributed by atoms with Crippen LogP contribution in [0.4, 0.5) is 5.88 Å². The largest absolute Gasteiger partial charge is 0.450 e. The highest BCUT2D eigenvalue weighted by molar-refractivity contribution is 9.10. The number of hydrogen-bond donors (Lipinski definition) is 1. The molecule has 0 bridgehead atoms. The zero-order valence-corrected chi connectivity index (χ0v) is 14.1. The minimum atomic E-state index is -0.952. The lowest BCUT2D eigenvalue weighted by Crippen LogP contribution is -2.31. The van der Waals surface area contributed by atoms with Crippen LogP contribution in [0.25, 0.3) is 0 Å². The molecule has 1 atom stereocenters. The van der Waals surface area contributed by atoms with Gasteiger partial charge < -0.3 is 14.5 Å². The molecule has 1 heterocycles. The van der Waals surface area contributed by atoms with Crippen molar-refractivity contribution in [2.45, 2.75) is 13.0 Å². The van der Waals surface area contributed by atoms with Crippen LogP contribution in [0.1, 0.15) is 29.1 Å². The Labute approximate surface area is 145 Å². The first-order chi connectivity index (χ1) is 11.4. The van der Waals surface area contributed by atoms with Crippen molar-refractivity contribution in [3.05, 3.63) is 62.3 Å². The van der Waals surface area contributed by atoms with Gasteiger partial charge in [0.2, 0.25) is 5.76 Å². The summed E-state index contributed by atoms with van der Waals surface area (Å²) < 4.78 is 10.3. The van der Waals surface area contributed by atoms with Gasteiger partial charge in [0.1, 0.15) is 4.92 Å². The van der Waals surface area contributed by atoms with Gasteiger partial charge in [-0.2, -0.15) is 0 Å². The molecule has 9 heteroatoms. The molecule has 0 spiro atoms. The number of furan rings is 1. The van der Waals surface area contributed by atoms with E-state index in [0.717, 1.165) is 22.2 Å². The Balaban J connectivity index is 1.87. The number of benzene rings is 1. The first-order valence-corrected chi connectivity index (χ1v) is 7.63. The summed E-state index contributed by atoms with van der Waals surface area (Å²) in [4.78, 5) is 33.2. The second-order valence-corrected chi connectivity index (χ2v) is 5.64. The highest BCUT2D eigenvalue weighted by Crippen LogP contribution is 2.22. The van der Waals surface area contributed by atoms with Crippen LogP contribution < -0.4 is 5.32 Å². The lowest BCUT2D eigenvalue weighted by Gasteiger charge is -2.15. The van der Waals surface area contributed by atoms with E-state index in [1.165, 1.54) is 0 Å². The number of carbonyl (C=O) groups is 2. The molecule has 0 aliphatic rings. The molecule has 2 aromatic rings. The number of esters is 1. The molecule has 8 nitrogen and oxygen atoms in total. The Kier molecular flexibility index (Phi) is 5.69. The molecule has 1 N–H and O–H groups in total. The summed E-state index contributed by atoms with van der Waals surface area (Å²) in [6, 6.07) is 9.24. The van der Waals surface area contributed by atoms with Crippen LogP contribution in [0.3, 0.4) is 0 Å². The predicted molar refractivity (Wildman–Crippen MR) is 86.3 cm³/mol. The van der Waals surface area contributed by atoms with Gasteiger partial charge in [-0.05, 0) is 24.6 Å². The van der Waals surface area contributed by atoms with Gasteiger partial charge >= 0.3 is 11.9 Å². The Morgan fingerprint density at radius 3 is 2.67 bits per heavy atom. The number of halogens is 1. The highest BCUT2D eigenvalue weighted by atomic mass is 79.9. The third kappa shape index (κ3) is 4.42. The average molecular weight is 397 g/mol. The van der Waals surface area contributed by atoms with Crippen LogP contribution in [0.2, 0.25) is 0 Å². The number of amides is 1. The van der Waals surface area contributed by atoms with Crippen LogP contribution in [-0.4, -0.2) is 23.4 Å². The predicted octanol–water partition coefficient (Wildman–Crippen LogP) is 2.98. The summed E-state index contributed by atoms with van der Waals surface area (Å²) >= 11 is 3.39. The molecule has 1 aromatic carbocycles. The fourth-order valence-electron chi connectivity index (χ4n) is 1.92. The van der Waals surface area contributed by atoms with Crippen molar-refractivity contribution in [2.75, 3.05) is 6.61 Å². The summed E-state index contributed by atoms with van der Waals surface area (Å²) in [6.07, 6.45) is 0.